The quantitative estimate of drug-likeness (QED) is 0.303. The van der Waals surface area contributed by atoms with E-state index >= 15 is 0 Å². The van der Waals surface area contributed by atoms with Crippen molar-refractivity contribution < 1.29 is 9.53 Å². The molecule has 1 fully saturated rings. The van der Waals surface area contributed by atoms with E-state index in [4.69, 9.17) is 4.74 Å². The van der Waals surface area contributed by atoms with Gasteiger partial charge in [0.25, 0.3) is 0 Å². The van der Waals surface area contributed by atoms with E-state index in [0.717, 1.165) is 5.69 Å². The van der Waals surface area contributed by atoms with Crippen LogP contribution in [-0.2, 0) is 11.3 Å². The first-order chi connectivity index (χ1) is 13.1. The summed E-state index contributed by atoms with van der Waals surface area (Å²) >= 11 is 0. The van der Waals surface area contributed by atoms with Gasteiger partial charge in [-0.1, -0.05) is 12.8 Å². The van der Waals surface area contributed by atoms with Gasteiger partial charge in [0.2, 0.25) is 0 Å². The fraction of sp³-hybridized carbons (Fsp3) is 0.750. The third kappa shape index (κ3) is 9.22. The van der Waals surface area contributed by atoms with Gasteiger partial charge in [-0.05, 0) is 53.5 Å². The first-order valence-electron chi connectivity index (χ1n) is 10.1. The van der Waals surface area contributed by atoms with E-state index < -0.39 is 17.2 Å². The third-order valence-corrected chi connectivity index (χ3v) is 4.56. The molecule has 0 unspecified atom stereocenters. The second-order valence-corrected chi connectivity index (χ2v) is 9.02. The molecular weight excluding hydrogens is 483 g/mol. The summed E-state index contributed by atoms with van der Waals surface area (Å²) in [5, 5.41) is 14.1. The molecule has 0 atom stereocenters. The van der Waals surface area contributed by atoms with Crippen molar-refractivity contribution in [2.45, 2.75) is 84.0 Å². The minimum Gasteiger partial charge on any atom is -0.444 e. The molecule has 0 radical (unpaired) electrons. The van der Waals surface area contributed by atoms with E-state index in [-0.39, 0.29) is 24.0 Å². The third-order valence-electron chi connectivity index (χ3n) is 4.56. The van der Waals surface area contributed by atoms with Crippen LogP contribution in [0.25, 0.3) is 0 Å². The Morgan fingerprint density at radius 3 is 2.48 bits per heavy atom. The molecule has 166 valence electrons. The average Bonchev–Trinajstić information content (AvgIpc) is 3.23. The predicted molar refractivity (Wildman–Crippen MR) is 127 cm³/mol. The molecule has 1 aromatic heterocycles. The highest BCUT2D eigenvalue weighted by Crippen LogP contribution is 2.28. The van der Waals surface area contributed by atoms with Crippen LogP contribution < -0.4 is 16.0 Å². The molecule has 1 heterocycles. The van der Waals surface area contributed by atoms with Gasteiger partial charge in [0, 0.05) is 19.8 Å². The van der Waals surface area contributed by atoms with E-state index in [9.17, 15) is 4.79 Å². The van der Waals surface area contributed by atoms with Crippen molar-refractivity contribution in [3.8, 4) is 0 Å². The van der Waals surface area contributed by atoms with Crippen LogP contribution >= 0.6 is 24.0 Å². The van der Waals surface area contributed by atoms with Crippen molar-refractivity contribution in [3.63, 3.8) is 0 Å². The van der Waals surface area contributed by atoms with Crippen molar-refractivity contribution >= 4 is 36.0 Å². The summed E-state index contributed by atoms with van der Waals surface area (Å²) in [5.74, 6) is 0.662. The number of hydrogen-bond donors (Lipinski definition) is 3. The number of alkyl carbamates (subject to hydrolysis) is 1. The number of nitrogens with zero attached hydrogens (tertiary/aromatic N) is 3. The number of amides is 1. The molecule has 29 heavy (non-hydrogen) atoms. The lowest BCUT2D eigenvalue weighted by Crippen LogP contribution is -2.54. The molecule has 0 bridgehead atoms. The van der Waals surface area contributed by atoms with Gasteiger partial charge in [-0.15, -0.1) is 24.0 Å². The molecule has 8 nitrogen and oxygen atoms in total. The highest BCUT2D eigenvalue weighted by molar-refractivity contribution is 14.0. The summed E-state index contributed by atoms with van der Waals surface area (Å²) in [4.78, 5) is 16.2. The lowest BCUT2D eigenvalue weighted by molar-refractivity contribution is 0.0474. The second-order valence-electron chi connectivity index (χ2n) is 9.02. The molecule has 1 aliphatic carbocycles. The van der Waals surface area contributed by atoms with Crippen LogP contribution in [0.3, 0.4) is 0 Å². The molecule has 2 rings (SSSR count). The number of ether oxygens (including phenoxy) is 1. The zero-order chi connectivity index (χ0) is 20.8. The lowest BCUT2D eigenvalue weighted by Gasteiger charge is -2.29. The molecule has 9 heteroatoms. The van der Waals surface area contributed by atoms with Crippen LogP contribution in [0.15, 0.2) is 17.3 Å². The van der Waals surface area contributed by atoms with Crippen LogP contribution in [0.2, 0.25) is 0 Å². The summed E-state index contributed by atoms with van der Waals surface area (Å²) in [6.07, 6.45) is 6.66. The summed E-state index contributed by atoms with van der Waals surface area (Å²) in [7, 11) is 1.72. The van der Waals surface area contributed by atoms with Gasteiger partial charge in [-0.2, -0.15) is 5.10 Å². The zero-order valence-corrected chi connectivity index (χ0v) is 20.9. The summed E-state index contributed by atoms with van der Waals surface area (Å²) < 4.78 is 7.41. The number of rotatable bonds is 6. The Morgan fingerprint density at radius 2 is 1.90 bits per heavy atom. The van der Waals surface area contributed by atoms with E-state index in [0.29, 0.717) is 25.1 Å². The number of halogens is 1. The van der Waals surface area contributed by atoms with Crippen molar-refractivity contribution in [2.75, 3.05) is 13.6 Å². The normalized spacial score (nSPS) is 15.6. The fourth-order valence-corrected chi connectivity index (χ4v) is 3.17. The maximum absolute atomic E-state index is 12.0. The fourth-order valence-electron chi connectivity index (χ4n) is 3.17. The minimum atomic E-state index is -0.521. The van der Waals surface area contributed by atoms with Gasteiger partial charge < -0.3 is 20.7 Å². The predicted octanol–water partition coefficient (Wildman–Crippen LogP) is 3.58. The second kappa shape index (κ2) is 11.0. The number of carbonyl (C=O) groups is 1. The largest absolute Gasteiger partial charge is 0.444 e. The van der Waals surface area contributed by atoms with Crippen LogP contribution in [0, 0.1) is 0 Å². The Kier molecular flexibility index (Phi) is 9.70. The zero-order valence-electron chi connectivity index (χ0n) is 18.5. The summed E-state index contributed by atoms with van der Waals surface area (Å²) in [6, 6.07) is 2.60. The van der Waals surface area contributed by atoms with E-state index in [1.807, 2.05) is 40.7 Å². The Labute approximate surface area is 191 Å². The van der Waals surface area contributed by atoms with Crippen LogP contribution in [0.5, 0.6) is 0 Å². The summed E-state index contributed by atoms with van der Waals surface area (Å²) in [6.45, 7) is 10.5. The van der Waals surface area contributed by atoms with Crippen molar-refractivity contribution in [2.24, 2.45) is 4.99 Å². The van der Waals surface area contributed by atoms with Crippen LogP contribution in [0.1, 0.15) is 72.0 Å². The molecule has 1 saturated carbocycles. The smallest absolute Gasteiger partial charge is 0.408 e. The number of aliphatic imine (C=N–C) groups is 1. The Morgan fingerprint density at radius 1 is 1.24 bits per heavy atom. The Bertz CT molecular complexity index is 675. The van der Waals surface area contributed by atoms with Gasteiger partial charge in [0.05, 0.1) is 23.8 Å². The molecule has 0 saturated heterocycles. The highest BCUT2D eigenvalue weighted by Gasteiger charge is 2.25. The molecule has 1 aliphatic rings. The Balaban J connectivity index is 0.00000420. The van der Waals surface area contributed by atoms with Gasteiger partial charge in [0.1, 0.15) is 5.60 Å². The molecular formula is C20H37IN6O2. The number of guanidine groups is 1. The molecule has 0 spiro atoms. The lowest BCUT2D eigenvalue weighted by atomic mass is 10.1. The van der Waals surface area contributed by atoms with Gasteiger partial charge >= 0.3 is 6.09 Å². The summed E-state index contributed by atoms with van der Waals surface area (Å²) in [5.41, 5.74) is -0.0297. The molecule has 1 aromatic rings. The molecule has 1 amide bonds. The average molecular weight is 520 g/mol. The number of nitrogens with one attached hydrogen (secondary N) is 3. The topological polar surface area (TPSA) is 92.6 Å². The van der Waals surface area contributed by atoms with Crippen molar-refractivity contribution in [3.05, 3.63) is 18.0 Å². The number of aromatic nitrogens is 2. The monoisotopic (exact) mass is 520 g/mol. The van der Waals surface area contributed by atoms with Crippen molar-refractivity contribution in [1.82, 2.24) is 25.7 Å². The standard InChI is InChI=1S/C20H36N6O2.HI/c1-19(2,3)28-18(27)24-20(4,5)14-23-17(21-6)22-13-15-11-12-26(25-15)16-9-7-8-10-16;/h11-12,16H,7-10,13-14H2,1-6H3,(H,24,27)(H2,21,22,23);1H. The highest BCUT2D eigenvalue weighted by atomic mass is 127. The SMILES string of the molecule is CN=C(NCc1ccn(C2CCCC2)n1)NCC(C)(C)NC(=O)OC(C)(C)C.I. The first kappa shape index (κ1) is 25.5. The maximum Gasteiger partial charge on any atom is 0.408 e. The number of hydrogen-bond acceptors (Lipinski definition) is 4. The van der Waals surface area contributed by atoms with Crippen LogP contribution in [0.4, 0.5) is 4.79 Å². The van der Waals surface area contributed by atoms with Crippen LogP contribution in [-0.4, -0.2) is 46.6 Å². The minimum absolute atomic E-state index is 0. The van der Waals surface area contributed by atoms with Gasteiger partial charge in [0.15, 0.2) is 5.96 Å². The van der Waals surface area contributed by atoms with E-state index in [2.05, 4.69) is 36.9 Å². The van der Waals surface area contributed by atoms with E-state index in [1.54, 1.807) is 7.05 Å². The Hall–Kier alpha value is -1.52. The van der Waals surface area contributed by atoms with Gasteiger partial charge in [-0.25, -0.2) is 4.79 Å². The number of carbonyl (C=O) groups excluding carboxylic acids is 1. The molecule has 0 aromatic carbocycles. The van der Waals surface area contributed by atoms with Gasteiger partial charge in [-0.3, -0.25) is 9.67 Å². The first-order valence-corrected chi connectivity index (χ1v) is 10.1. The van der Waals surface area contributed by atoms with Crippen molar-refractivity contribution in [1.29, 1.82) is 0 Å². The maximum atomic E-state index is 12.0. The van der Waals surface area contributed by atoms with E-state index in [1.165, 1.54) is 25.7 Å². The molecule has 0 aliphatic heterocycles. The molecule has 3 N–H and O–H groups in total.